The fraction of sp³-hybridized carbons (Fsp3) is 0.133. The minimum absolute atomic E-state index is 0.0304. The van der Waals surface area contributed by atoms with E-state index in [1.54, 1.807) is 54.6 Å². The average Bonchev–Trinajstić information content (AvgIpc) is 2.51. The summed E-state index contributed by atoms with van der Waals surface area (Å²) in [7, 11) is 1.09. The minimum Gasteiger partial charge on any atom is -0.444 e. The second kappa shape index (κ2) is 7.29. The van der Waals surface area contributed by atoms with Crippen molar-refractivity contribution in [3.8, 4) is 0 Å². The van der Waals surface area contributed by atoms with Gasteiger partial charge in [0, 0.05) is 10.7 Å². The van der Waals surface area contributed by atoms with E-state index < -0.39 is 15.3 Å². The monoisotopic (exact) mass is 339 g/mol. The first-order chi connectivity index (χ1) is 10.5. The zero-order valence-corrected chi connectivity index (χ0v) is 13.1. The first kappa shape index (κ1) is 16.3. The van der Waals surface area contributed by atoms with Crippen LogP contribution in [0.2, 0.25) is 0 Å². The first-order valence-corrected chi connectivity index (χ1v) is 8.70. The summed E-state index contributed by atoms with van der Waals surface area (Å²) in [5, 5.41) is 0. The van der Waals surface area contributed by atoms with E-state index in [4.69, 9.17) is 15.4 Å². The second-order valence-corrected chi connectivity index (χ2v) is 6.91. The van der Waals surface area contributed by atoms with Crippen molar-refractivity contribution in [2.75, 3.05) is 0 Å². The van der Waals surface area contributed by atoms with Crippen LogP contribution in [-0.4, -0.2) is 18.8 Å². The lowest BCUT2D eigenvalue weighted by molar-refractivity contribution is 0.118. The Morgan fingerprint density at radius 1 is 0.955 bits per heavy atom. The molecule has 0 saturated heterocycles. The van der Waals surface area contributed by atoms with E-state index >= 15 is 0 Å². The molecule has 0 spiro atoms. The third-order valence-corrected chi connectivity index (χ3v) is 4.15. The van der Waals surface area contributed by atoms with Crippen molar-refractivity contribution in [2.45, 2.75) is 13.2 Å². The molecule has 0 saturated carbocycles. The van der Waals surface area contributed by atoms with Crippen LogP contribution >= 0.6 is 10.7 Å². The highest BCUT2D eigenvalue weighted by Gasteiger charge is 2.27. The van der Waals surface area contributed by atoms with Gasteiger partial charge in [0.2, 0.25) is 0 Å². The van der Waals surface area contributed by atoms with E-state index in [-0.39, 0.29) is 13.2 Å². The van der Waals surface area contributed by atoms with Crippen molar-refractivity contribution in [3.63, 3.8) is 0 Å². The van der Waals surface area contributed by atoms with Gasteiger partial charge in [0.1, 0.15) is 6.61 Å². The number of hydrogen-bond donors (Lipinski definition) is 0. The molecule has 2 aromatic carbocycles. The molecule has 0 unspecified atom stereocenters. The predicted molar refractivity (Wildman–Crippen MR) is 83.4 cm³/mol. The molecule has 2 aromatic rings. The molecule has 2 rings (SSSR count). The topological polar surface area (TPSA) is 63.7 Å². The van der Waals surface area contributed by atoms with E-state index in [0.717, 1.165) is 5.56 Å². The Hall–Kier alpha value is -2.05. The summed E-state index contributed by atoms with van der Waals surface area (Å²) in [4.78, 5) is 12.0. The van der Waals surface area contributed by atoms with Crippen LogP contribution in [0.15, 0.2) is 60.7 Å². The Morgan fingerprint density at radius 2 is 1.45 bits per heavy atom. The minimum atomic E-state index is -4.24. The fourth-order valence-corrected chi connectivity index (χ4v) is 2.62. The molecule has 22 heavy (non-hydrogen) atoms. The maximum atomic E-state index is 12.0. The van der Waals surface area contributed by atoms with Gasteiger partial charge in [-0.2, -0.15) is 12.7 Å². The predicted octanol–water partition coefficient (Wildman–Crippen LogP) is 3.31. The van der Waals surface area contributed by atoms with Crippen LogP contribution in [0, 0.1) is 0 Å². The molecule has 0 aliphatic heterocycles. The summed E-state index contributed by atoms with van der Waals surface area (Å²) in [6, 6.07) is 17.6. The van der Waals surface area contributed by atoms with Crippen molar-refractivity contribution in [1.82, 2.24) is 4.31 Å². The Bertz CT molecular complexity index is 720. The number of carbonyl (C=O) groups excluding carboxylic acids is 1. The number of carbonyl (C=O) groups is 1. The van der Waals surface area contributed by atoms with Gasteiger partial charge >= 0.3 is 15.3 Å². The van der Waals surface area contributed by atoms with Gasteiger partial charge in [0.25, 0.3) is 0 Å². The average molecular weight is 340 g/mol. The van der Waals surface area contributed by atoms with Gasteiger partial charge in [-0.3, -0.25) is 0 Å². The standard InChI is InChI=1S/C15H14ClNO4S/c16-22(19,20)17(11-13-7-3-1-4-8-13)15(18)21-12-14-9-5-2-6-10-14/h1-10H,11-12H2. The van der Waals surface area contributed by atoms with Crippen LogP contribution in [0.1, 0.15) is 11.1 Å². The van der Waals surface area contributed by atoms with Crippen molar-refractivity contribution >= 4 is 26.0 Å². The summed E-state index contributed by atoms with van der Waals surface area (Å²) in [6.45, 7) is -0.211. The lowest BCUT2D eigenvalue weighted by Gasteiger charge is -2.18. The summed E-state index contributed by atoms with van der Waals surface area (Å²) >= 11 is 0. The highest BCUT2D eigenvalue weighted by atomic mass is 35.7. The van der Waals surface area contributed by atoms with Gasteiger partial charge in [-0.25, -0.2) is 4.79 Å². The van der Waals surface area contributed by atoms with Crippen LogP contribution in [-0.2, 0) is 27.1 Å². The number of benzene rings is 2. The maximum Gasteiger partial charge on any atom is 0.425 e. The van der Waals surface area contributed by atoms with Gasteiger partial charge in [-0.15, -0.1) is 0 Å². The van der Waals surface area contributed by atoms with Crippen LogP contribution in [0.5, 0.6) is 0 Å². The van der Waals surface area contributed by atoms with E-state index in [1.807, 2.05) is 6.07 Å². The van der Waals surface area contributed by atoms with Crippen LogP contribution in [0.25, 0.3) is 0 Å². The van der Waals surface area contributed by atoms with Crippen molar-refractivity contribution in [2.24, 2.45) is 0 Å². The van der Waals surface area contributed by atoms with Crippen molar-refractivity contribution in [1.29, 1.82) is 0 Å². The molecule has 0 aliphatic rings. The van der Waals surface area contributed by atoms with Gasteiger partial charge in [-0.05, 0) is 11.1 Å². The molecule has 116 valence electrons. The first-order valence-electron chi connectivity index (χ1n) is 6.44. The van der Waals surface area contributed by atoms with Gasteiger partial charge in [0.15, 0.2) is 0 Å². The molecule has 0 heterocycles. The molecule has 0 N–H and O–H groups in total. The summed E-state index contributed by atoms with van der Waals surface area (Å²) in [5.41, 5.74) is 1.38. The van der Waals surface area contributed by atoms with Crippen LogP contribution in [0.3, 0.4) is 0 Å². The Labute approximate surface area is 133 Å². The van der Waals surface area contributed by atoms with Gasteiger partial charge in [0.05, 0.1) is 6.54 Å². The fourth-order valence-electron chi connectivity index (χ4n) is 1.77. The maximum absolute atomic E-state index is 12.0. The van der Waals surface area contributed by atoms with Gasteiger partial charge in [-0.1, -0.05) is 60.7 Å². The number of halogens is 1. The highest BCUT2D eigenvalue weighted by Crippen LogP contribution is 2.15. The number of rotatable bonds is 5. The van der Waals surface area contributed by atoms with Crippen molar-refractivity contribution < 1.29 is 17.9 Å². The number of hydrogen-bond acceptors (Lipinski definition) is 4. The smallest absolute Gasteiger partial charge is 0.425 e. The number of ether oxygens (including phenoxy) is 1. The molecule has 7 heteroatoms. The summed E-state index contributed by atoms with van der Waals surface area (Å²) in [6.07, 6.45) is -1.01. The molecular weight excluding hydrogens is 326 g/mol. The molecule has 1 amide bonds. The zero-order chi connectivity index (χ0) is 16.0. The molecule has 0 aliphatic carbocycles. The zero-order valence-electron chi connectivity index (χ0n) is 11.6. The number of amides is 1. The SMILES string of the molecule is O=C(OCc1ccccc1)N(Cc1ccccc1)S(=O)(=O)Cl. The highest BCUT2D eigenvalue weighted by molar-refractivity contribution is 8.12. The van der Waals surface area contributed by atoms with E-state index in [9.17, 15) is 13.2 Å². The van der Waals surface area contributed by atoms with E-state index in [1.165, 1.54) is 0 Å². The number of nitrogens with zero attached hydrogens (tertiary/aromatic N) is 1. The Balaban J connectivity index is 2.07. The lowest BCUT2D eigenvalue weighted by Crippen LogP contribution is -2.33. The Kier molecular flexibility index (Phi) is 5.41. The second-order valence-electron chi connectivity index (χ2n) is 4.47. The molecule has 0 radical (unpaired) electrons. The molecule has 0 aromatic heterocycles. The molecule has 0 bridgehead atoms. The molecule has 0 atom stereocenters. The van der Waals surface area contributed by atoms with Crippen LogP contribution < -0.4 is 0 Å². The summed E-state index contributed by atoms with van der Waals surface area (Å²) in [5.74, 6) is 0. The third-order valence-electron chi connectivity index (χ3n) is 2.84. The van der Waals surface area contributed by atoms with Crippen molar-refractivity contribution in [3.05, 3.63) is 71.8 Å². The van der Waals surface area contributed by atoms with Gasteiger partial charge < -0.3 is 4.74 Å². The van der Waals surface area contributed by atoms with Crippen LogP contribution in [0.4, 0.5) is 4.79 Å². The van der Waals surface area contributed by atoms with E-state index in [2.05, 4.69) is 0 Å². The molecule has 5 nitrogen and oxygen atoms in total. The molecule has 0 fully saturated rings. The lowest BCUT2D eigenvalue weighted by atomic mass is 10.2. The quantitative estimate of drug-likeness (QED) is 0.784. The third kappa shape index (κ3) is 4.75. The van der Waals surface area contributed by atoms with E-state index in [0.29, 0.717) is 9.87 Å². The molecular formula is C15H14ClNO4S. The summed E-state index contributed by atoms with van der Waals surface area (Å²) < 4.78 is 28.7. The largest absolute Gasteiger partial charge is 0.444 e. The normalized spacial score (nSPS) is 11.0. The Morgan fingerprint density at radius 3 is 1.95 bits per heavy atom.